The van der Waals surface area contributed by atoms with Crippen LogP contribution in [0.3, 0.4) is 0 Å². The molecule has 0 saturated heterocycles. The number of hydrogen-bond donors (Lipinski definition) is 1. The van der Waals surface area contributed by atoms with Gasteiger partial charge in [-0.2, -0.15) is 13.2 Å². The second-order valence-corrected chi connectivity index (χ2v) is 6.26. The van der Waals surface area contributed by atoms with Crippen molar-refractivity contribution in [2.75, 3.05) is 6.54 Å². The van der Waals surface area contributed by atoms with Crippen LogP contribution in [-0.2, 0) is 6.18 Å². The molecule has 108 valence electrons. The second-order valence-electron chi connectivity index (χ2n) is 5.19. The number of nitrogens with one attached hydrogen (secondary N) is 1. The summed E-state index contributed by atoms with van der Waals surface area (Å²) in [5.41, 5.74) is 0. The van der Waals surface area contributed by atoms with Crippen LogP contribution in [0.2, 0.25) is 0 Å². The number of thiazole rings is 1. The van der Waals surface area contributed by atoms with Gasteiger partial charge in [0.2, 0.25) is 0 Å². The molecular weight excluding hydrogens is 273 g/mol. The molecule has 19 heavy (non-hydrogen) atoms. The first kappa shape index (κ1) is 14.8. The molecule has 0 spiro atoms. The lowest BCUT2D eigenvalue weighted by atomic mass is 9.95. The Morgan fingerprint density at radius 1 is 1.47 bits per heavy atom. The van der Waals surface area contributed by atoms with Gasteiger partial charge in [0.05, 0.1) is 0 Å². The molecule has 2 nitrogen and oxygen atoms in total. The summed E-state index contributed by atoms with van der Waals surface area (Å²) < 4.78 is 37.8. The van der Waals surface area contributed by atoms with Crippen molar-refractivity contribution < 1.29 is 13.2 Å². The van der Waals surface area contributed by atoms with Gasteiger partial charge in [0, 0.05) is 17.1 Å². The van der Waals surface area contributed by atoms with E-state index in [9.17, 15) is 13.2 Å². The van der Waals surface area contributed by atoms with Crippen molar-refractivity contribution in [2.45, 2.75) is 45.3 Å². The Morgan fingerprint density at radius 3 is 2.63 bits per heavy atom. The molecule has 1 aromatic heterocycles. The molecule has 1 saturated carbocycles. The summed E-state index contributed by atoms with van der Waals surface area (Å²) in [6.07, 6.45) is 0.409. The van der Waals surface area contributed by atoms with Gasteiger partial charge < -0.3 is 5.32 Å². The molecule has 2 unspecified atom stereocenters. The summed E-state index contributed by atoms with van der Waals surface area (Å²) >= 11 is 0.773. The van der Waals surface area contributed by atoms with Gasteiger partial charge in [-0.1, -0.05) is 13.8 Å². The topological polar surface area (TPSA) is 24.9 Å². The fourth-order valence-corrected chi connectivity index (χ4v) is 3.28. The van der Waals surface area contributed by atoms with Crippen molar-refractivity contribution in [1.82, 2.24) is 10.3 Å². The summed E-state index contributed by atoms with van der Waals surface area (Å²) in [6.45, 7) is 5.00. The highest BCUT2D eigenvalue weighted by molar-refractivity contribution is 7.11. The Labute approximate surface area is 115 Å². The van der Waals surface area contributed by atoms with Crippen LogP contribution in [0.1, 0.15) is 49.0 Å². The van der Waals surface area contributed by atoms with Crippen LogP contribution in [0.4, 0.5) is 13.2 Å². The fraction of sp³-hybridized carbons (Fsp3) is 0.769. The van der Waals surface area contributed by atoms with E-state index in [0.717, 1.165) is 24.3 Å². The minimum Gasteiger partial charge on any atom is -0.309 e. The van der Waals surface area contributed by atoms with E-state index in [1.165, 1.54) is 19.0 Å². The van der Waals surface area contributed by atoms with Crippen molar-refractivity contribution in [2.24, 2.45) is 11.8 Å². The first-order valence-electron chi connectivity index (χ1n) is 6.69. The van der Waals surface area contributed by atoms with Crippen molar-refractivity contribution >= 4 is 11.3 Å². The number of halogens is 3. The van der Waals surface area contributed by atoms with Crippen LogP contribution < -0.4 is 5.32 Å². The number of rotatable bonds is 6. The van der Waals surface area contributed by atoms with E-state index in [4.69, 9.17) is 0 Å². The summed E-state index contributed by atoms with van der Waals surface area (Å²) in [5.74, 6) is 1.01. The van der Waals surface area contributed by atoms with E-state index < -0.39 is 11.2 Å². The highest BCUT2D eigenvalue weighted by Gasteiger charge is 2.38. The Bertz CT molecular complexity index is 412. The number of nitrogens with zero attached hydrogens (tertiary/aromatic N) is 1. The molecule has 6 heteroatoms. The molecule has 0 aliphatic heterocycles. The van der Waals surface area contributed by atoms with Crippen molar-refractivity contribution in [3.63, 3.8) is 0 Å². The summed E-state index contributed by atoms with van der Waals surface area (Å²) in [4.78, 5) is 4.24. The van der Waals surface area contributed by atoms with Gasteiger partial charge in [0.25, 0.3) is 0 Å². The zero-order valence-electron chi connectivity index (χ0n) is 11.1. The number of aromatic nitrogens is 1. The molecule has 0 amide bonds. The first-order valence-corrected chi connectivity index (χ1v) is 7.51. The van der Waals surface area contributed by atoms with Gasteiger partial charge in [-0.25, -0.2) is 4.98 Å². The molecule has 1 aliphatic carbocycles. The van der Waals surface area contributed by atoms with Gasteiger partial charge in [0.15, 0.2) is 5.01 Å². The van der Waals surface area contributed by atoms with E-state index in [1.807, 2.05) is 0 Å². The number of alkyl halides is 3. The Balaban J connectivity index is 2.14. The lowest BCUT2D eigenvalue weighted by molar-refractivity contribution is -0.137. The maximum atomic E-state index is 12.6. The smallest absolute Gasteiger partial charge is 0.309 e. The van der Waals surface area contributed by atoms with Crippen LogP contribution in [0, 0.1) is 11.8 Å². The third kappa shape index (κ3) is 3.69. The molecule has 2 rings (SSSR count). The zero-order valence-corrected chi connectivity index (χ0v) is 11.9. The largest absolute Gasteiger partial charge is 0.443 e. The Kier molecular flexibility index (Phi) is 4.50. The van der Waals surface area contributed by atoms with E-state index in [1.54, 1.807) is 0 Å². The molecule has 2 atom stereocenters. The molecule has 1 fully saturated rings. The minimum atomic E-state index is -4.33. The van der Waals surface area contributed by atoms with Crippen molar-refractivity contribution in [3.05, 3.63) is 16.1 Å². The Hall–Kier alpha value is -0.620. The second kappa shape index (κ2) is 5.79. The van der Waals surface area contributed by atoms with Gasteiger partial charge in [-0.3, -0.25) is 0 Å². The summed E-state index contributed by atoms with van der Waals surface area (Å²) in [7, 11) is 0. The molecule has 1 heterocycles. The third-order valence-corrected chi connectivity index (χ3v) is 4.70. The van der Waals surface area contributed by atoms with Gasteiger partial charge in [-0.15, -0.1) is 11.3 Å². The number of hydrogen-bond acceptors (Lipinski definition) is 3. The van der Waals surface area contributed by atoms with E-state index in [-0.39, 0.29) is 6.04 Å². The highest BCUT2D eigenvalue weighted by atomic mass is 32.1. The standard InChI is InChI=1S/C13H19F3N2S/c1-3-6-17-11(8(2)9-4-5-9)10-7-18-12(19-10)13(14,15)16/h7-9,11,17H,3-6H2,1-2H3. The maximum absolute atomic E-state index is 12.6. The summed E-state index contributed by atoms with van der Waals surface area (Å²) in [6, 6.07) is 0.000972. The zero-order chi connectivity index (χ0) is 14.0. The van der Waals surface area contributed by atoms with Gasteiger partial charge in [-0.05, 0) is 37.6 Å². The molecule has 0 aromatic carbocycles. The average molecular weight is 292 g/mol. The third-order valence-electron chi connectivity index (χ3n) is 3.58. The monoisotopic (exact) mass is 292 g/mol. The van der Waals surface area contributed by atoms with Crippen molar-refractivity contribution in [3.8, 4) is 0 Å². The molecule has 0 bridgehead atoms. The normalized spacial score (nSPS) is 19.4. The SMILES string of the molecule is CCCNC(c1cnc(C(F)(F)F)s1)C(C)C1CC1. The lowest BCUT2D eigenvalue weighted by Gasteiger charge is -2.23. The van der Waals surface area contributed by atoms with Crippen LogP contribution in [0.25, 0.3) is 0 Å². The van der Waals surface area contributed by atoms with Gasteiger partial charge in [0.1, 0.15) is 0 Å². The average Bonchev–Trinajstić information content (AvgIpc) is 3.06. The molecule has 1 aromatic rings. The first-order chi connectivity index (χ1) is 8.93. The van der Waals surface area contributed by atoms with E-state index in [2.05, 4.69) is 24.1 Å². The van der Waals surface area contributed by atoms with E-state index >= 15 is 0 Å². The molecule has 1 N–H and O–H groups in total. The lowest BCUT2D eigenvalue weighted by Crippen LogP contribution is -2.28. The predicted octanol–water partition coefficient (Wildman–Crippen LogP) is 4.25. The maximum Gasteiger partial charge on any atom is 0.443 e. The minimum absolute atomic E-state index is 0.000972. The summed E-state index contributed by atoms with van der Waals surface area (Å²) in [5, 5.41) is 2.63. The van der Waals surface area contributed by atoms with Crippen LogP contribution in [-0.4, -0.2) is 11.5 Å². The predicted molar refractivity (Wildman–Crippen MR) is 70.0 cm³/mol. The van der Waals surface area contributed by atoms with Gasteiger partial charge >= 0.3 is 6.18 Å². The Morgan fingerprint density at radius 2 is 2.16 bits per heavy atom. The quantitative estimate of drug-likeness (QED) is 0.848. The fourth-order valence-electron chi connectivity index (χ4n) is 2.30. The van der Waals surface area contributed by atoms with Crippen LogP contribution in [0.5, 0.6) is 0 Å². The molecular formula is C13H19F3N2S. The molecule has 1 aliphatic rings. The van der Waals surface area contributed by atoms with Crippen molar-refractivity contribution in [1.29, 1.82) is 0 Å². The molecule has 0 radical (unpaired) electrons. The highest BCUT2D eigenvalue weighted by Crippen LogP contribution is 2.44. The van der Waals surface area contributed by atoms with E-state index in [0.29, 0.717) is 16.7 Å². The van der Waals surface area contributed by atoms with Crippen LogP contribution in [0.15, 0.2) is 6.20 Å². The van der Waals surface area contributed by atoms with Crippen LogP contribution >= 0.6 is 11.3 Å².